The highest BCUT2D eigenvalue weighted by Gasteiger charge is 2.27. The fourth-order valence-electron chi connectivity index (χ4n) is 3.63. The van der Waals surface area contributed by atoms with Crippen LogP contribution in [0.1, 0.15) is 46.4 Å². The zero-order valence-corrected chi connectivity index (χ0v) is 18.7. The van der Waals surface area contributed by atoms with Gasteiger partial charge in [0.25, 0.3) is 0 Å². The Balaban J connectivity index is 1.52. The van der Waals surface area contributed by atoms with Crippen LogP contribution in [0.15, 0.2) is 36.4 Å². The van der Waals surface area contributed by atoms with Crippen molar-refractivity contribution in [1.29, 1.82) is 0 Å². The van der Waals surface area contributed by atoms with Crippen LogP contribution in [0.3, 0.4) is 0 Å². The van der Waals surface area contributed by atoms with Crippen LogP contribution in [0.5, 0.6) is 23.0 Å². The molecular weight excluding hydrogens is 416 g/mol. The van der Waals surface area contributed by atoms with Crippen LogP contribution in [0.4, 0.5) is 0 Å². The minimum Gasteiger partial charge on any atom is -0.493 e. The van der Waals surface area contributed by atoms with E-state index in [1.807, 2.05) is 0 Å². The molecule has 1 aliphatic rings. The van der Waals surface area contributed by atoms with Gasteiger partial charge in [-0.1, -0.05) is 0 Å². The number of hydrogen-bond donors (Lipinski definition) is 0. The summed E-state index contributed by atoms with van der Waals surface area (Å²) in [5.74, 6) is 1.18. The lowest BCUT2D eigenvalue weighted by Crippen LogP contribution is -2.29. The first-order valence-corrected chi connectivity index (χ1v) is 10.3. The first-order valence-electron chi connectivity index (χ1n) is 10.3. The normalized spacial score (nSPS) is 17.8. The highest BCUT2D eigenvalue weighted by Crippen LogP contribution is 2.31. The molecule has 0 unspecified atom stereocenters. The molecule has 3 rings (SSSR count). The van der Waals surface area contributed by atoms with Crippen molar-refractivity contribution in [2.24, 2.45) is 0 Å². The number of carbonyl (C=O) groups is 2. The number of carbonyl (C=O) groups excluding carboxylic acids is 2. The molecule has 8 heteroatoms. The summed E-state index contributed by atoms with van der Waals surface area (Å²) in [5, 5.41) is 0. The Morgan fingerprint density at radius 3 is 1.25 bits per heavy atom. The molecule has 0 spiro atoms. The van der Waals surface area contributed by atoms with Gasteiger partial charge in [0.05, 0.1) is 39.6 Å². The fraction of sp³-hybridized carbons (Fsp3) is 0.417. The third-order valence-electron chi connectivity index (χ3n) is 5.41. The zero-order valence-electron chi connectivity index (χ0n) is 18.7. The summed E-state index contributed by atoms with van der Waals surface area (Å²) >= 11 is 0. The van der Waals surface area contributed by atoms with Crippen LogP contribution in [0.2, 0.25) is 0 Å². The molecule has 8 nitrogen and oxygen atoms in total. The fourth-order valence-corrected chi connectivity index (χ4v) is 3.63. The average Bonchev–Trinajstić information content (AvgIpc) is 2.84. The maximum Gasteiger partial charge on any atom is 0.338 e. The van der Waals surface area contributed by atoms with Gasteiger partial charge in [0, 0.05) is 0 Å². The molecule has 0 N–H and O–H groups in total. The maximum atomic E-state index is 12.5. The van der Waals surface area contributed by atoms with Gasteiger partial charge in [-0.2, -0.15) is 0 Å². The highest BCUT2D eigenvalue weighted by atomic mass is 16.6. The summed E-state index contributed by atoms with van der Waals surface area (Å²) in [4.78, 5) is 25.0. The van der Waals surface area contributed by atoms with Crippen molar-refractivity contribution in [2.45, 2.75) is 37.9 Å². The van der Waals surface area contributed by atoms with E-state index in [4.69, 9.17) is 28.4 Å². The van der Waals surface area contributed by atoms with Crippen LogP contribution in [-0.2, 0) is 9.47 Å². The van der Waals surface area contributed by atoms with Gasteiger partial charge < -0.3 is 28.4 Å². The van der Waals surface area contributed by atoms with Crippen molar-refractivity contribution >= 4 is 11.9 Å². The molecule has 0 radical (unpaired) electrons. The van der Waals surface area contributed by atoms with Gasteiger partial charge in [0.1, 0.15) is 12.2 Å². The third kappa shape index (κ3) is 5.43. The van der Waals surface area contributed by atoms with E-state index in [2.05, 4.69) is 0 Å². The van der Waals surface area contributed by atoms with Gasteiger partial charge in [0.15, 0.2) is 23.0 Å². The number of benzene rings is 2. The zero-order chi connectivity index (χ0) is 23.1. The van der Waals surface area contributed by atoms with Crippen LogP contribution in [-0.4, -0.2) is 52.6 Å². The van der Waals surface area contributed by atoms with Crippen molar-refractivity contribution in [3.63, 3.8) is 0 Å². The minimum atomic E-state index is -0.420. The molecule has 0 saturated heterocycles. The molecule has 0 bridgehead atoms. The predicted octanol–water partition coefficient (Wildman–Crippen LogP) is 4.05. The molecule has 172 valence electrons. The topological polar surface area (TPSA) is 89.5 Å². The number of esters is 2. The number of hydrogen-bond acceptors (Lipinski definition) is 8. The van der Waals surface area contributed by atoms with Gasteiger partial charge in [-0.25, -0.2) is 9.59 Å². The average molecular weight is 444 g/mol. The Hall–Kier alpha value is -3.42. The second-order valence-electron chi connectivity index (χ2n) is 7.35. The molecule has 0 heterocycles. The Morgan fingerprint density at radius 1 is 0.594 bits per heavy atom. The molecule has 1 saturated carbocycles. The molecule has 0 amide bonds. The van der Waals surface area contributed by atoms with E-state index in [-0.39, 0.29) is 12.2 Å². The molecule has 0 aliphatic heterocycles. The summed E-state index contributed by atoms with van der Waals surface area (Å²) in [6.07, 6.45) is 2.00. The molecule has 1 aliphatic carbocycles. The van der Waals surface area contributed by atoms with Gasteiger partial charge in [-0.15, -0.1) is 0 Å². The molecular formula is C24H28O8. The monoisotopic (exact) mass is 444 g/mol. The van der Waals surface area contributed by atoms with Gasteiger partial charge >= 0.3 is 11.9 Å². The maximum absolute atomic E-state index is 12.5. The first kappa shape index (κ1) is 23.2. The summed E-state index contributed by atoms with van der Waals surface area (Å²) in [5.41, 5.74) is 0.786. The van der Waals surface area contributed by atoms with Crippen LogP contribution < -0.4 is 18.9 Å². The van der Waals surface area contributed by atoms with E-state index >= 15 is 0 Å². The van der Waals surface area contributed by atoms with E-state index in [9.17, 15) is 9.59 Å². The Morgan fingerprint density at radius 2 is 0.938 bits per heavy atom. The minimum absolute atomic E-state index is 0.230. The largest absolute Gasteiger partial charge is 0.493 e. The van der Waals surface area contributed by atoms with Crippen LogP contribution in [0.25, 0.3) is 0 Å². The number of ether oxygens (including phenoxy) is 6. The molecule has 2 aromatic carbocycles. The summed E-state index contributed by atoms with van der Waals surface area (Å²) in [6.45, 7) is 0. The molecule has 0 aromatic heterocycles. The molecule has 1 fully saturated rings. The van der Waals surface area contributed by atoms with Crippen molar-refractivity contribution in [1.82, 2.24) is 0 Å². The van der Waals surface area contributed by atoms with Crippen molar-refractivity contribution in [3.05, 3.63) is 47.5 Å². The van der Waals surface area contributed by atoms with E-state index in [0.717, 1.165) is 0 Å². The smallest absolute Gasteiger partial charge is 0.338 e. The van der Waals surface area contributed by atoms with E-state index < -0.39 is 11.9 Å². The molecule has 0 atom stereocenters. The van der Waals surface area contributed by atoms with E-state index in [0.29, 0.717) is 59.8 Å². The van der Waals surface area contributed by atoms with Gasteiger partial charge in [-0.05, 0) is 62.1 Å². The van der Waals surface area contributed by atoms with Crippen molar-refractivity contribution in [2.75, 3.05) is 28.4 Å². The first-order chi connectivity index (χ1) is 15.5. The van der Waals surface area contributed by atoms with Crippen LogP contribution >= 0.6 is 0 Å². The van der Waals surface area contributed by atoms with Gasteiger partial charge in [-0.3, -0.25) is 0 Å². The standard InChI is InChI=1S/C24H28O8/c1-27-19-11-5-15(13-21(19)29-3)23(25)31-17-7-9-18(10-8-17)32-24(26)16-6-12-20(28-2)22(14-16)30-4/h5-6,11-14,17-18H,7-10H2,1-4H3. The summed E-state index contributed by atoms with van der Waals surface area (Å²) in [6, 6.07) is 9.80. The Kier molecular flexibility index (Phi) is 7.81. The van der Waals surface area contributed by atoms with E-state index in [1.54, 1.807) is 36.4 Å². The second kappa shape index (κ2) is 10.7. The molecule has 32 heavy (non-hydrogen) atoms. The number of rotatable bonds is 8. The van der Waals surface area contributed by atoms with Crippen molar-refractivity contribution in [3.8, 4) is 23.0 Å². The van der Waals surface area contributed by atoms with Gasteiger partial charge in [0.2, 0.25) is 0 Å². The quantitative estimate of drug-likeness (QED) is 0.564. The summed E-state index contributed by atoms with van der Waals surface area (Å²) in [7, 11) is 6.09. The number of methoxy groups -OCH3 is 4. The SMILES string of the molecule is COc1ccc(C(=O)OC2CCC(OC(=O)c3ccc(OC)c(OC)c3)CC2)cc1OC. The Bertz CT molecular complexity index is 870. The van der Waals surface area contributed by atoms with Crippen LogP contribution in [0, 0.1) is 0 Å². The second-order valence-corrected chi connectivity index (χ2v) is 7.35. The third-order valence-corrected chi connectivity index (χ3v) is 5.41. The summed E-state index contributed by atoms with van der Waals surface area (Å²) < 4.78 is 32.1. The lowest BCUT2D eigenvalue weighted by Gasteiger charge is -2.28. The molecule has 2 aromatic rings. The van der Waals surface area contributed by atoms with Crippen molar-refractivity contribution < 1.29 is 38.0 Å². The van der Waals surface area contributed by atoms with E-state index in [1.165, 1.54) is 28.4 Å². The highest BCUT2D eigenvalue weighted by molar-refractivity contribution is 5.91. The predicted molar refractivity (Wildman–Crippen MR) is 116 cm³/mol. The Labute approximate surface area is 187 Å². The lowest BCUT2D eigenvalue weighted by molar-refractivity contribution is -0.0108. The lowest BCUT2D eigenvalue weighted by atomic mass is 9.95.